The molecule has 0 aliphatic carbocycles. The van der Waals surface area contributed by atoms with Crippen LogP contribution in [0.5, 0.6) is 0 Å². The number of hydrogen-bond acceptors (Lipinski definition) is 3. The van der Waals surface area contributed by atoms with Gasteiger partial charge >= 0.3 is 5.97 Å². The van der Waals surface area contributed by atoms with E-state index in [0.717, 1.165) is 11.3 Å². The highest BCUT2D eigenvalue weighted by Gasteiger charge is 2.17. The summed E-state index contributed by atoms with van der Waals surface area (Å²) in [5.74, 6) is -0.998. The number of carboxylic acid groups (broad SMARTS) is 1. The Balaban J connectivity index is 2.59. The van der Waals surface area contributed by atoms with Gasteiger partial charge in [-0.2, -0.15) is 10.2 Å². The zero-order chi connectivity index (χ0) is 11.0. The molecule has 6 heteroatoms. The van der Waals surface area contributed by atoms with Crippen molar-refractivity contribution in [2.75, 3.05) is 0 Å². The summed E-state index contributed by atoms with van der Waals surface area (Å²) in [6.45, 7) is 1.87. The van der Waals surface area contributed by atoms with E-state index in [4.69, 9.17) is 5.11 Å². The first kappa shape index (κ1) is 9.45. The second-order valence-corrected chi connectivity index (χ2v) is 3.23. The van der Waals surface area contributed by atoms with Gasteiger partial charge in [0, 0.05) is 18.3 Å². The molecule has 6 nitrogen and oxygen atoms in total. The number of rotatable bonds is 2. The van der Waals surface area contributed by atoms with Crippen molar-refractivity contribution >= 4 is 5.97 Å². The number of nitrogens with zero attached hydrogens (tertiary/aromatic N) is 3. The van der Waals surface area contributed by atoms with Crippen LogP contribution in [0.25, 0.3) is 11.3 Å². The van der Waals surface area contributed by atoms with Gasteiger partial charge in [0.25, 0.3) is 0 Å². The molecule has 0 saturated heterocycles. The molecule has 0 aliphatic heterocycles. The fraction of sp³-hybridized carbons (Fsp3) is 0.222. The van der Waals surface area contributed by atoms with Crippen molar-refractivity contribution in [1.29, 1.82) is 0 Å². The molecule has 2 aromatic heterocycles. The molecule has 0 amide bonds. The van der Waals surface area contributed by atoms with Crippen LogP contribution >= 0.6 is 0 Å². The zero-order valence-corrected chi connectivity index (χ0v) is 8.35. The van der Waals surface area contributed by atoms with E-state index in [-0.39, 0.29) is 5.56 Å². The van der Waals surface area contributed by atoms with Crippen LogP contribution in [-0.2, 0) is 7.05 Å². The number of aromatic carboxylic acids is 1. The number of aryl methyl sites for hydroxylation is 1. The van der Waals surface area contributed by atoms with Gasteiger partial charge in [-0.25, -0.2) is 4.79 Å². The molecule has 2 aromatic rings. The quantitative estimate of drug-likeness (QED) is 0.761. The molecule has 0 spiro atoms. The number of aromatic amines is 1. The van der Waals surface area contributed by atoms with Crippen molar-refractivity contribution in [2.24, 2.45) is 7.05 Å². The van der Waals surface area contributed by atoms with Crippen molar-refractivity contribution in [3.63, 3.8) is 0 Å². The highest BCUT2D eigenvalue weighted by molar-refractivity contribution is 5.94. The van der Waals surface area contributed by atoms with Gasteiger partial charge in [0.05, 0.1) is 18.1 Å². The number of nitrogens with one attached hydrogen (secondary N) is 1. The van der Waals surface area contributed by atoms with E-state index in [1.54, 1.807) is 17.9 Å². The van der Waals surface area contributed by atoms with Gasteiger partial charge in [0.15, 0.2) is 0 Å². The molecule has 0 aliphatic rings. The van der Waals surface area contributed by atoms with Crippen LogP contribution in [0.1, 0.15) is 16.1 Å². The minimum absolute atomic E-state index is 0.158. The summed E-state index contributed by atoms with van der Waals surface area (Å²) in [6.07, 6.45) is 2.92. The summed E-state index contributed by atoms with van der Waals surface area (Å²) < 4.78 is 1.68. The van der Waals surface area contributed by atoms with E-state index >= 15 is 0 Å². The van der Waals surface area contributed by atoms with Crippen molar-refractivity contribution in [2.45, 2.75) is 6.92 Å². The number of carbonyl (C=O) groups is 1. The van der Waals surface area contributed by atoms with Crippen LogP contribution in [0, 0.1) is 6.92 Å². The van der Waals surface area contributed by atoms with Crippen LogP contribution in [0.4, 0.5) is 0 Å². The average Bonchev–Trinajstić information content (AvgIpc) is 2.75. The summed E-state index contributed by atoms with van der Waals surface area (Å²) >= 11 is 0. The predicted molar refractivity (Wildman–Crippen MR) is 52.5 cm³/mol. The molecule has 15 heavy (non-hydrogen) atoms. The number of H-pyrrole nitrogens is 1. The first-order valence-corrected chi connectivity index (χ1v) is 4.37. The molecule has 0 aromatic carbocycles. The third-order valence-corrected chi connectivity index (χ3v) is 2.37. The van der Waals surface area contributed by atoms with Crippen LogP contribution in [0.2, 0.25) is 0 Å². The zero-order valence-electron chi connectivity index (χ0n) is 8.35. The van der Waals surface area contributed by atoms with E-state index in [9.17, 15) is 4.79 Å². The van der Waals surface area contributed by atoms with E-state index in [1.807, 2.05) is 6.92 Å². The van der Waals surface area contributed by atoms with Crippen molar-refractivity contribution in [3.8, 4) is 11.3 Å². The summed E-state index contributed by atoms with van der Waals surface area (Å²) in [5, 5.41) is 19.4. The molecule has 2 heterocycles. The topological polar surface area (TPSA) is 83.8 Å². The standard InChI is InChI=1S/C9H10N4O2/c1-5-6(4-11-13(5)2)8-7(9(14)15)3-10-12-8/h3-4H,1-2H3,(H,10,12)(H,14,15). The van der Waals surface area contributed by atoms with Crippen LogP contribution in [0.3, 0.4) is 0 Å². The van der Waals surface area contributed by atoms with Gasteiger partial charge in [-0.15, -0.1) is 0 Å². The van der Waals surface area contributed by atoms with Gasteiger partial charge in [-0.3, -0.25) is 9.78 Å². The summed E-state index contributed by atoms with van der Waals surface area (Å²) in [5.41, 5.74) is 2.30. The monoisotopic (exact) mass is 206 g/mol. The number of carboxylic acids is 1. The Labute approximate surface area is 85.5 Å². The van der Waals surface area contributed by atoms with Gasteiger partial charge in [0.2, 0.25) is 0 Å². The Morgan fingerprint density at radius 1 is 1.53 bits per heavy atom. The first-order valence-electron chi connectivity index (χ1n) is 4.37. The smallest absolute Gasteiger partial charge is 0.339 e. The summed E-state index contributed by atoms with van der Waals surface area (Å²) in [6, 6.07) is 0. The third-order valence-electron chi connectivity index (χ3n) is 2.37. The lowest BCUT2D eigenvalue weighted by atomic mass is 10.1. The normalized spacial score (nSPS) is 10.5. The number of hydrogen-bond donors (Lipinski definition) is 2. The Morgan fingerprint density at radius 3 is 2.80 bits per heavy atom. The maximum absolute atomic E-state index is 10.9. The van der Waals surface area contributed by atoms with Crippen LogP contribution in [0.15, 0.2) is 12.4 Å². The Kier molecular flexibility index (Phi) is 2.03. The van der Waals surface area contributed by atoms with Gasteiger partial charge in [-0.05, 0) is 6.92 Å². The van der Waals surface area contributed by atoms with Gasteiger partial charge in [-0.1, -0.05) is 0 Å². The van der Waals surface area contributed by atoms with Gasteiger partial charge < -0.3 is 5.11 Å². The van der Waals surface area contributed by atoms with E-state index in [0.29, 0.717) is 5.69 Å². The minimum atomic E-state index is -0.998. The fourth-order valence-electron chi connectivity index (χ4n) is 1.40. The predicted octanol–water partition coefficient (Wildman–Crippen LogP) is 0.817. The first-order chi connectivity index (χ1) is 7.11. The highest BCUT2D eigenvalue weighted by atomic mass is 16.4. The maximum atomic E-state index is 10.9. The lowest BCUT2D eigenvalue weighted by Crippen LogP contribution is -1.98. The largest absolute Gasteiger partial charge is 0.478 e. The summed E-state index contributed by atoms with van der Waals surface area (Å²) in [7, 11) is 1.80. The molecular formula is C9H10N4O2. The van der Waals surface area contributed by atoms with Crippen LogP contribution < -0.4 is 0 Å². The number of aromatic nitrogens is 4. The average molecular weight is 206 g/mol. The molecule has 0 fully saturated rings. The lowest BCUT2D eigenvalue weighted by molar-refractivity contribution is 0.0698. The molecule has 78 valence electrons. The molecule has 2 N–H and O–H groups in total. The second kappa shape index (κ2) is 3.23. The van der Waals surface area contributed by atoms with E-state index in [1.165, 1.54) is 6.20 Å². The fourth-order valence-corrected chi connectivity index (χ4v) is 1.40. The molecule has 0 unspecified atom stereocenters. The van der Waals surface area contributed by atoms with Crippen molar-refractivity contribution in [1.82, 2.24) is 20.0 Å². The highest BCUT2D eigenvalue weighted by Crippen LogP contribution is 2.23. The minimum Gasteiger partial charge on any atom is -0.478 e. The van der Waals surface area contributed by atoms with Crippen LogP contribution in [-0.4, -0.2) is 31.1 Å². The third kappa shape index (κ3) is 1.39. The lowest BCUT2D eigenvalue weighted by Gasteiger charge is -1.98. The van der Waals surface area contributed by atoms with E-state index in [2.05, 4.69) is 15.3 Å². The maximum Gasteiger partial charge on any atom is 0.339 e. The molecular weight excluding hydrogens is 196 g/mol. The summed E-state index contributed by atoms with van der Waals surface area (Å²) in [4.78, 5) is 10.9. The van der Waals surface area contributed by atoms with Crippen molar-refractivity contribution < 1.29 is 9.90 Å². The Bertz CT molecular complexity index is 512. The molecule has 2 rings (SSSR count). The van der Waals surface area contributed by atoms with E-state index < -0.39 is 5.97 Å². The Morgan fingerprint density at radius 2 is 2.27 bits per heavy atom. The molecule has 0 radical (unpaired) electrons. The van der Waals surface area contributed by atoms with Gasteiger partial charge in [0.1, 0.15) is 5.56 Å². The molecule has 0 saturated carbocycles. The molecule has 0 bridgehead atoms. The second-order valence-electron chi connectivity index (χ2n) is 3.23. The van der Waals surface area contributed by atoms with Crippen molar-refractivity contribution in [3.05, 3.63) is 23.7 Å². The SMILES string of the molecule is Cc1c(-c2[nH]ncc2C(=O)O)cnn1C. The Hall–Kier alpha value is -2.11. The molecule has 0 atom stereocenters.